The second-order valence-corrected chi connectivity index (χ2v) is 7.50. The Bertz CT molecular complexity index is 814. The van der Waals surface area contributed by atoms with E-state index in [4.69, 9.17) is 21.1 Å². The number of hydrogen-bond acceptors (Lipinski definition) is 5. The Balaban J connectivity index is 2.22. The summed E-state index contributed by atoms with van der Waals surface area (Å²) in [6.07, 6.45) is 2.78. The number of carbonyl (C=O) groups is 1. The van der Waals surface area contributed by atoms with Gasteiger partial charge in [-0.3, -0.25) is 4.98 Å². The molecule has 0 N–H and O–H groups in total. The first-order valence-electron chi connectivity index (χ1n) is 9.02. The number of anilines is 1. The Labute approximate surface area is 159 Å². The molecule has 2 heterocycles. The maximum Gasteiger partial charge on any atom is 0.341 e. The predicted molar refractivity (Wildman–Crippen MR) is 104 cm³/mol. The Morgan fingerprint density at radius 1 is 1.31 bits per heavy atom. The fourth-order valence-corrected chi connectivity index (χ4v) is 4.12. The van der Waals surface area contributed by atoms with Crippen molar-refractivity contribution in [3.63, 3.8) is 0 Å². The van der Waals surface area contributed by atoms with E-state index in [9.17, 15) is 4.79 Å². The minimum Gasteiger partial charge on any atom is -0.495 e. The Kier molecular flexibility index (Phi) is 5.56. The molecule has 0 amide bonds. The number of fused-ring (bicyclic) bond motifs is 1. The summed E-state index contributed by atoms with van der Waals surface area (Å²) in [4.78, 5) is 19.3. The van der Waals surface area contributed by atoms with Gasteiger partial charge >= 0.3 is 5.97 Å². The summed E-state index contributed by atoms with van der Waals surface area (Å²) in [6, 6.07) is 3.65. The molecular formula is C20H25ClN2O3. The van der Waals surface area contributed by atoms with Gasteiger partial charge in [0, 0.05) is 24.7 Å². The van der Waals surface area contributed by atoms with E-state index in [0.717, 1.165) is 29.7 Å². The number of methoxy groups -OCH3 is 1. The molecule has 2 aromatic rings. The van der Waals surface area contributed by atoms with Gasteiger partial charge in [-0.25, -0.2) is 4.79 Å². The molecule has 0 saturated carbocycles. The fourth-order valence-electron chi connectivity index (χ4n) is 3.88. The number of halogens is 1. The van der Waals surface area contributed by atoms with Gasteiger partial charge in [-0.15, -0.1) is 0 Å². The molecule has 1 aromatic heterocycles. The highest BCUT2D eigenvalue weighted by Gasteiger charge is 2.28. The normalized spacial score (nSPS) is 20.3. The average Bonchev–Trinajstić information content (AvgIpc) is 2.59. The zero-order chi connectivity index (χ0) is 18.8. The lowest BCUT2D eigenvalue weighted by atomic mass is 9.90. The second kappa shape index (κ2) is 7.70. The minimum atomic E-state index is -0.350. The summed E-state index contributed by atoms with van der Waals surface area (Å²) in [6.45, 7) is 8.40. The van der Waals surface area contributed by atoms with Crippen molar-refractivity contribution in [2.45, 2.75) is 27.2 Å². The van der Waals surface area contributed by atoms with Crippen molar-refractivity contribution < 1.29 is 14.3 Å². The number of pyridine rings is 1. The molecule has 1 saturated heterocycles. The largest absolute Gasteiger partial charge is 0.495 e. The van der Waals surface area contributed by atoms with Crippen LogP contribution in [0, 0.1) is 11.8 Å². The average molecular weight is 377 g/mol. The number of carbonyl (C=O) groups excluding carboxylic acids is 1. The fraction of sp³-hybridized carbons (Fsp3) is 0.500. The van der Waals surface area contributed by atoms with Gasteiger partial charge in [-0.05, 0) is 37.3 Å². The maximum atomic E-state index is 12.6. The van der Waals surface area contributed by atoms with Crippen molar-refractivity contribution in [2.75, 3.05) is 31.7 Å². The van der Waals surface area contributed by atoms with Crippen LogP contribution in [-0.4, -0.2) is 37.8 Å². The van der Waals surface area contributed by atoms with Crippen LogP contribution in [0.4, 0.5) is 5.69 Å². The molecule has 1 aliphatic rings. The van der Waals surface area contributed by atoms with Crippen molar-refractivity contribution in [2.24, 2.45) is 11.8 Å². The van der Waals surface area contributed by atoms with Crippen LogP contribution >= 0.6 is 11.6 Å². The molecule has 26 heavy (non-hydrogen) atoms. The minimum absolute atomic E-state index is 0.326. The van der Waals surface area contributed by atoms with E-state index in [2.05, 4.69) is 23.7 Å². The van der Waals surface area contributed by atoms with Crippen molar-refractivity contribution in [1.29, 1.82) is 0 Å². The van der Waals surface area contributed by atoms with E-state index in [0.29, 0.717) is 34.8 Å². The van der Waals surface area contributed by atoms with Crippen molar-refractivity contribution in [1.82, 2.24) is 4.98 Å². The Hall–Kier alpha value is -2.01. The number of ether oxygens (including phenoxy) is 2. The number of benzene rings is 1. The lowest BCUT2D eigenvalue weighted by Crippen LogP contribution is -2.39. The van der Waals surface area contributed by atoms with Crippen molar-refractivity contribution in [3.05, 3.63) is 28.9 Å². The molecule has 6 heteroatoms. The molecule has 0 bridgehead atoms. The summed E-state index contributed by atoms with van der Waals surface area (Å²) in [5, 5.41) is 1.36. The van der Waals surface area contributed by atoms with Gasteiger partial charge < -0.3 is 14.4 Å². The lowest BCUT2D eigenvalue weighted by Gasteiger charge is -2.38. The second-order valence-electron chi connectivity index (χ2n) is 7.10. The van der Waals surface area contributed by atoms with Gasteiger partial charge in [0.25, 0.3) is 0 Å². The highest BCUT2D eigenvalue weighted by atomic mass is 35.5. The first-order chi connectivity index (χ1) is 12.4. The molecule has 5 nitrogen and oxygen atoms in total. The monoisotopic (exact) mass is 376 g/mol. The number of hydrogen-bond donors (Lipinski definition) is 0. The third kappa shape index (κ3) is 3.58. The quantitative estimate of drug-likeness (QED) is 0.732. The van der Waals surface area contributed by atoms with E-state index in [-0.39, 0.29) is 5.97 Å². The molecule has 0 spiro atoms. The lowest BCUT2D eigenvalue weighted by molar-refractivity contribution is 0.0526. The van der Waals surface area contributed by atoms with Crippen LogP contribution < -0.4 is 9.64 Å². The number of piperidine rings is 1. The van der Waals surface area contributed by atoms with Gasteiger partial charge in [0.05, 0.1) is 29.9 Å². The molecule has 140 valence electrons. The smallest absolute Gasteiger partial charge is 0.341 e. The van der Waals surface area contributed by atoms with E-state index in [1.54, 1.807) is 26.3 Å². The Morgan fingerprint density at radius 2 is 2.00 bits per heavy atom. The third-order valence-corrected chi connectivity index (χ3v) is 5.09. The zero-order valence-corrected chi connectivity index (χ0v) is 16.5. The highest BCUT2D eigenvalue weighted by molar-refractivity contribution is 6.33. The summed E-state index contributed by atoms with van der Waals surface area (Å²) in [7, 11) is 1.58. The topological polar surface area (TPSA) is 51.7 Å². The molecule has 1 aromatic carbocycles. The van der Waals surface area contributed by atoms with Gasteiger partial charge in [0.2, 0.25) is 0 Å². The molecular weight excluding hydrogens is 352 g/mol. The van der Waals surface area contributed by atoms with Gasteiger partial charge in [0.15, 0.2) is 0 Å². The van der Waals surface area contributed by atoms with E-state index >= 15 is 0 Å². The first-order valence-corrected chi connectivity index (χ1v) is 9.40. The standard InChI is InChI=1S/C20H25ClN2O3/c1-5-26-20(24)15-9-22-17-8-16(21)18(25-4)7-14(17)19(15)23-10-12(2)6-13(3)11-23/h7-9,12-13H,5-6,10-11H2,1-4H3. The van der Waals surface area contributed by atoms with Crippen LogP contribution in [0.1, 0.15) is 37.6 Å². The molecule has 2 atom stereocenters. The van der Waals surface area contributed by atoms with Gasteiger partial charge in [-0.1, -0.05) is 25.4 Å². The van der Waals surface area contributed by atoms with Crippen LogP contribution in [0.25, 0.3) is 10.9 Å². The van der Waals surface area contributed by atoms with Gasteiger partial charge in [0.1, 0.15) is 11.3 Å². The van der Waals surface area contributed by atoms with E-state index < -0.39 is 0 Å². The van der Waals surface area contributed by atoms with Crippen molar-refractivity contribution >= 4 is 34.2 Å². The number of aromatic nitrogens is 1. The van der Waals surface area contributed by atoms with E-state index in [1.165, 1.54) is 6.42 Å². The summed E-state index contributed by atoms with van der Waals surface area (Å²) >= 11 is 6.27. The van der Waals surface area contributed by atoms with Crippen LogP contribution in [0.2, 0.25) is 5.02 Å². The Morgan fingerprint density at radius 3 is 2.62 bits per heavy atom. The van der Waals surface area contributed by atoms with Crippen molar-refractivity contribution in [3.8, 4) is 5.75 Å². The summed E-state index contributed by atoms with van der Waals surface area (Å²) in [5.41, 5.74) is 2.09. The first kappa shape index (κ1) is 18.8. The molecule has 0 aliphatic carbocycles. The molecule has 0 radical (unpaired) electrons. The molecule has 1 fully saturated rings. The van der Waals surface area contributed by atoms with Crippen LogP contribution in [0.15, 0.2) is 18.3 Å². The van der Waals surface area contributed by atoms with E-state index in [1.807, 2.05) is 6.07 Å². The maximum absolute atomic E-state index is 12.6. The van der Waals surface area contributed by atoms with Gasteiger partial charge in [-0.2, -0.15) is 0 Å². The van der Waals surface area contributed by atoms with Crippen LogP contribution in [0.5, 0.6) is 5.75 Å². The summed E-state index contributed by atoms with van der Waals surface area (Å²) < 4.78 is 10.7. The van der Waals surface area contributed by atoms with Crippen LogP contribution in [0.3, 0.4) is 0 Å². The zero-order valence-electron chi connectivity index (χ0n) is 15.7. The molecule has 1 aliphatic heterocycles. The number of rotatable bonds is 4. The third-order valence-electron chi connectivity index (χ3n) is 4.79. The highest BCUT2D eigenvalue weighted by Crippen LogP contribution is 2.38. The van der Waals surface area contributed by atoms with Crippen LogP contribution in [-0.2, 0) is 4.74 Å². The number of esters is 1. The summed E-state index contributed by atoms with van der Waals surface area (Å²) in [5.74, 6) is 1.32. The molecule has 3 rings (SSSR count). The number of nitrogens with zero attached hydrogens (tertiary/aromatic N) is 2. The molecule has 2 unspecified atom stereocenters. The SMILES string of the molecule is CCOC(=O)c1cnc2cc(Cl)c(OC)cc2c1N1CC(C)CC(C)C1. The predicted octanol–water partition coefficient (Wildman–Crippen LogP) is 4.56.